The van der Waals surface area contributed by atoms with Gasteiger partial charge in [0.15, 0.2) is 5.82 Å². The number of carbonyl (C=O) groups is 1. The molecule has 6 nitrogen and oxygen atoms in total. The van der Waals surface area contributed by atoms with Crippen LogP contribution < -0.4 is 5.32 Å². The molecule has 24 heavy (non-hydrogen) atoms. The van der Waals surface area contributed by atoms with E-state index in [0.29, 0.717) is 11.5 Å². The fourth-order valence-corrected chi connectivity index (χ4v) is 3.42. The highest BCUT2D eigenvalue weighted by Gasteiger charge is 2.26. The van der Waals surface area contributed by atoms with E-state index in [1.807, 2.05) is 26.0 Å². The summed E-state index contributed by atoms with van der Waals surface area (Å²) in [5, 5.41) is 11.6. The third-order valence-corrected chi connectivity index (χ3v) is 4.97. The number of carbonyl (C=O) groups excluding carboxylic acids is 1. The normalized spacial score (nSPS) is 18.1. The van der Waals surface area contributed by atoms with Gasteiger partial charge in [0, 0.05) is 24.6 Å². The summed E-state index contributed by atoms with van der Waals surface area (Å²) in [7, 11) is 0. The van der Waals surface area contributed by atoms with Crippen LogP contribution in [0.3, 0.4) is 0 Å². The van der Waals surface area contributed by atoms with Gasteiger partial charge in [0.05, 0.1) is 17.3 Å². The number of aryl methyl sites for hydroxylation is 2. The number of amides is 1. The molecule has 3 heterocycles. The van der Waals surface area contributed by atoms with Crippen LogP contribution in [-0.4, -0.2) is 25.7 Å². The number of pyridine rings is 1. The van der Waals surface area contributed by atoms with Crippen molar-refractivity contribution in [1.82, 2.24) is 25.1 Å². The van der Waals surface area contributed by atoms with Gasteiger partial charge in [-0.05, 0) is 51.7 Å². The fourth-order valence-electron chi connectivity index (χ4n) is 3.42. The molecule has 1 amide bonds. The number of nitrogens with zero attached hydrogens (tertiary/aromatic N) is 4. The molecule has 1 atom stereocenters. The Morgan fingerprint density at radius 3 is 2.88 bits per heavy atom. The summed E-state index contributed by atoms with van der Waals surface area (Å²) in [4.78, 5) is 17.2. The van der Waals surface area contributed by atoms with Crippen molar-refractivity contribution in [3.05, 3.63) is 40.7 Å². The standard InChI is InChI=1S/C18H23N5O/c1-11-14(8-9-15(19-11)13-6-7-13)18(24)20-12(2)17-22-21-16-5-3-4-10-23(16)17/h8-9,12-13H,3-7,10H2,1-2H3,(H,20,24). The van der Waals surface area contributed by atoms with E-state index in [1.165, 1.54) is 12.8 Å². The Labute approximate surface area is 141 Å². The summed E-state index contributed by atoms with van der Waals surface area (Å²) in [6.07, 6.45) is 5.71. The summed E-state index contributed by atoms with van der Waals surface area (Å²) >= 11 is 0. The van der Waals surface area contributed by atoms with Gasteiger partial charge in [0.2, 0.25) is 0 Å². The second kappa shape index (κ2) is 6.00. The number of hydrogen-bond acceptors (Lipinski definition) is 4. The minimum Gasteiger partial charge on any atom is -0.342 e. The molecule has 1 saturated carbocycles. The molecule has 0 saturated heterocycles. The van der Waals surface area contributed by atoms with Crippen LogP contribution in [0.4, 0.5) is 0 Å². The Hall–Kier alpha value is -2.24. The summed E-state index contributed by atoms with van der Waals surface area (Å²) in [5.41, 5.74) is 2.56. The van der Waals surface area contributed by atoms with Crippen molar-refractivity contribution in [1.29, 1.82) is 0 Å². The molecule has 0 bridgehead atoms. The predicted molar refractivity (Wildman–Crippen MR) is 89.8 cm³/mol. The van der Waals surface area contributed by atoms with Crippen molar-refractivity contribution >= 4 is 5.91 Å². The Balaban J connectivity index is 1.50. The molecule has 0 radical (unpaired) electrons. The molecule has 2 aromatic heterocycles. The lowest BCUT2D eigenvalue weighted by Gasteiger charge is -2.19. The Morgan fingerprint density at radius 1 is 1.29 bits per heavy atom. The Bertz CT molecular complexity index is 778. The van der Waals surface area contributed by atoms with Crippen molar-refractivity contribution in [3.8, 4) is 0 Å². The summed E-state index contributed by atoms with van der Waals surface area (Å²) in [6.45, 7) is 4.81. The van der Waals surface area contributed by atoms with E-state index >= 15 is 0 Å². The second-order valence-electron chi connectivity index (χ2n) is 6.92. The van der Waals surface area contributed by atoms with E-state index in [2.05, 4.69) is 25.1 Å². The predicted octanol–water partition coefficient (Wildman–Crippen LogP) is 2.69. The van der Waals surface area contributed by atoms with Crippen LogP contribution in [0.5, 0.6) is 0 Å². The zero-order valence-electron chi connectivity index (χ0n) is 14.2. The summed E-state index contributed by atoms with van der Waals surface area (Å²) < 4.78 is 2.15. The number of rotatable bonds is 4. The molecule has 1 fully saturated rings. The zero-order valence-corrected chi connectivity index (χ0v) is 14.2. The molecular weight excluding hydrogens is 302 g/mol. The van der Waals surface area contributed by atoms with E-state index in [-0.39, 0.29) is 11.9 Å². The molecule has 0 spiro atoms. The van der Waals surface area contributed by atoms with Crippen molar-refractivity contribution in [3.63, 3.8) is 0 Å². The highest BCUT2D eigenvalue weighted by Crippen LogP contribution is 2.39. The molecule has 1 unspecified atom stereocenters. The van der Waals surface area contributed by atoms with E-state index in [1.54, 1.807) is 0 Å². The van der Waals surface area contributed by atoms with Crippen LogP contribution in [-0.2, 0) is 13.0 Å². The van der Waals surface area contributed by atoms with Crippen molar-refractivity contribution in [2.24, 2.45) is 0 Å². The Morgan fingerprint density at radius 2 is 2.12 bits per heavy atom. The number of nitrogens with one attached hydrogen (secondary N) is 1. The highest BCUT2D eigenvalue weighted by molar-refractivity contribution is 5.95. The van der Waals surface area contributed by atoms with Crippen LogP contribution >= 0.6 is 0 Å². The number of aromatic nitrogens is 4. The van der Waals surface area contributed by atoms with Gasteiger partial charge >= 0.3 is 0 Å². The SMILES string of the molecule is Cc1nc(C2CC2)ccc1C(=O)NC(C)c1nnc2n1CCCC2. The first kappa shape index (κ1) is 15.3. The minimum absolute atomic E-state index is 0.0944. The quantitative estimate of drug-likeness (QED) is 0.938. The van der Waals surface area contributed by atoms with E-state index in [9.17, 15) is 4.79 Å². The minimum atomic E-state index is -0.167. The molecule has 2 aliphatic rings. The Kier molecular flexibility index (Phi) is 3.82. The average molecular weight is 325 g/mol. The smallest absolute Gasteiger partial charge is 0.253 e. The molecule has 2 aromatic rings. The van der Waals surface area contributed by atoms with Gasteiger partial charge < -0.3 is 9.88 Å². The van der Waals surface area contributed by atoms with E-state index < -0.39 is 0 Å². The van der Waals surface area contributed by atoms with Gasteiger partial charge in [-0.2, -0.15) is 0 Å². The maximum absolute atomic E-state index is 12.6. The third-order valence-electron chi connectivity index (χ3n) is 4.97. The van der Waals surface area contributed by atoms with Gasteiger partial charge in [-0.15, -0.1) is 10.2 Å². The maximum atomic E-state index is 12.6. The van der Waals surface area contributed by atoms with Crippen molar-refractivity contribution in [2.75, 3.05) is 0 Å². The van der Waals surface area contributed by atoms with E-state index in [4.69, 9.17) is 0 Å². The molecule has 4 rings (SSSR count). The molecule has 1 aliphatic heterocycles. The van der Waals surface area contributed by atoms with E-state index in [0.717, 1.165) is 48.8 Å². The first-order valence-corrected chi connectivity index (χ1v) is 8.84. The lowest BCUT2D eigenvalue weighted by atomic mass is 10.1. The molecular formula is C18H23N5O. The number of hydrogen-bond donors (Lipinski definition) is 1. The second-order valence-corrected chi connectivity index (χ2v) is 6.92. The lowest BCUT2D eigenvalue weighted by Crippen LogP contribution is -2.30. The van der Waals surface area contributed by atoms with Crippen LogP contribution in [0.25, 0.3) is 0 Å². The van der Waals surface area contributed by atoms with Gasteiger partial charge in [0.25, 0.3) is 5.91 Å². The summed E-state index contributed by atoms with van der Waals surface area (Å²) in [6, 6.07) is 3.72. The van der Waals surface area contributed by atoms with Crippen LogP contribution in [0.15, 0.2) is 12.1 Å². The van der Waals surface area contributed by atoms with Gasteiger partial charge in [-0.1, -0.05) is 0 Å². The molecule has 126 valence electrons. The van der Waals surface area contributed by atoms with Crippen molar-refractivity contribution < 1.29 is 4.79 Å². The van der Waals surface area contributed by atoms with Crippen LogP contribution in [0.1, 0.15) is 78.0 Å². The fraction of sp³-hybridized carbons (Fsp3) is 0.556. The molecule has 1 N–H and O–H groups in total. The lowest BCUT2D eigenvalue weighted by molar-refractivity contribution is 0.0936. The van der Waals surface area contributed by atoms with Crippen LogP contribution in [0.2, 0.25) is 0 Å². The average Bonchev–Trinajstić information content (AvgIpc) is 3.33. The third kappa shape index (κ3) is 2.81. The summed E-state index contributed by atoms with van der Waals surface area (Å²) in [5.74, 6) is 2.38. The zero-order chi connectivity index (χ0) is 16.7. The highest BCUT2D eigenvalue weighted by atomic mass is 16.1. The van der Waals surface area contributed by atoms with Crippen LogP contribution in [0, 0.1) is 6.92 Å². The monoisotopic (exact) mass is 325 g/mol. The topological polar surface area (TPSA) is 72.7 Å². The van der Waals surface area contributed by atoms with Gasteiger partial charge in [0.1, 0.15) is 5.82 Å². The molecule has 0 aromatic carbocycles. The van der Waals surface area contributed by atoms with Crippen molar-refractivity contribution in [2.45, 2.75) is 64.5 Å². The molecule has 1 aliphatic carbocycles. The van der Waals surface area contributed by atoms with Gasteiger partial charge in [-0.25, -0.2) is 0 Å². The maximum Gasteiger partial charge on any atom is 0.253 e. The molecule has 6 heteroatoms. The van der Waals surface area contributed by atoms with Gasteiger partial charge in [-0.3, -0.25) is 9.78 Å². The largest absolute Gasteiger partial charge is 0.342 e. The number of fused-ring (bicyclic) bond motifs is 1. The first-order valence-electron chi connectivity index (χ1n) is 8.84. The first-order chi connectivity index (χ1) is 11.6.